The molecule has 0 aromatic heterocycles. The molecule has 2 aliphatic heterocycles. The largest absolute Gasteiger partial charge is 0.466 e. The molecule has 0 unspecified atom stereocenters. The molecule has 3 rings (SSSR count). The van der Waals surface area contributed by atoms with E-state index in [9.17, 15) is 9.59 Å². The van der Waals surface area contributed by atoms with Crippen molar-refractivity contribution in [2.45, 2.75) is 77.1 Å². The molecule has 0 N–H and O–H groups in total. The highest BCUT2D eigenvalue weighted by Crippen LogP contribution is 2.44. The minimum absolute atomic E-state index is 0.0936. The first-order valence-corrected chi connectivity index (χ1v) is 9.37. The summed E-state index contributed by atoms with van der Waals surface area (Å²) in [7, 11) is 1.40. The van der Waals surface area contributed by atoms with E-state index in [2.05, 4.69) is 13.8 Å². The van der Waals surface area contributed by atoms with E-state index >= 15 is 0 Å². The summed E-state index contributed by atoms with van der Waals surface area (Å²) in [4.78, 5) is 24.1. The molecule has 0 amide bonds. The summed E-state index contributed by atoms with van der Waals surface area (Å²) in [6, 6.07) is 0. The monoisotopic (exact) mass is 360 g/mol. The van der Waals surface area contributed by atoms with Crippen LogP contribution in [0.4, 0.5) is 0 Å². The molecular weight excluding hydrogens is 332 g/mol. The normalized spacial score (nSPS) is 36.5. The molecule has 0 spiro atoms. The molecule has 0 radical (unpaired) electrons. The fourth-order valence-electron chi connectivity index (χ4n) is 3.88. The Labute approximate surface area is 155 Å². The zero-order valence-corrected chi connectivity index (χ0v) is 16.1. The summed E-state index contributed by atoms with van der Waals surface area (Å²) in [6.07, 6.45) is 8.67. The van der Waals surface area contributed by atoms with E-state index < -0.39 is 0 Å². The highest BCUT2D eigenvalue weighted by atomic mass is 16.6. The van der Waals surface area contributed by atoms with E-state index in [1.807, 2.05) is 12.2 Å². The maximum Gasteiger partial charge on any atom is 0.334 e. The van der Waals surface area contributed by atoms with Crippen molar-refractivity contribution in [3.63, 3.8) is 0 Å². The zero-order valence-electron chi connectivity index (χ0n) is 16.1. The standard InChI is InChI=1S/C21H28O5/c1-13-7-10-18-21(3,26-18)11-5-6-15(20(23)24-4)8-9-16-14(2)19(22)25-17(16)12-13/h6,12,17-18H,5,7-11H2,1-4H3/b13-12+,15-6+/t17-,18+,21-/m1/s1. The zero-order chi connectivity index (χ0) is 18.9. The minimum Gasteiger partial charge on any atom is -0.466 e. The summed E-state index contributed by atoms with van der Waals surface area (Å²) in [5, 5.41) is 0. The summed E-state index contributed by atoms with van der Waals surface area (Å²) in [5.41, 5.74) is 3.39. The van der Waals surface area contributed by atoms with Crippen LogP contribution in [0.25, 0.3) is 0 Å². The topological polar surface area (TPSA) is 65.1 Å². The molecule has 3 aliphatic rings. The summed E-state index contributed by atoms with van der Waals surface area (Å²) in [5.74, 6) is -0.567. The summed E-state index contributed by atoms with van der Waals surface area (Å²) < 4.78 is 16.4. The summed E-state index contributed by atoms with van der Waals surface area (Å²) >= 11 is 0. The first-order valence-electron chi connectivity index (χ1n) is 9.37. The quantitative estimate of drug-likeness (QED) is 0.404. The predicted octanol–water partition coefficient (Wildman–Crippen LogP) is 3.79. The smallest absolute Gasteiger partial charge is 0.334 e. The maximum atomic E-state index is 12.1. The van der Waals surface area contributed by atoms with Gasteiger partial charge in [-0.25, -0.2) is 9.59 Å². The average molecular weight is 360 g/mol. The van der Waals surface area contributed by atoms with Gasteiger partial charge in [0.2, 0.25) is 0 Å². The molecule has 0 saturated carbocycles. The third-order valence-electron chi connectivity index (χ3n) is 5.78. The third kappa shape index (κ3) is 3.93. The van der Waals surface area contributed by atoms with Gasteiger partial charge in [-0.15, -0.1) is 0 Å². The number of ether oxygens (including phenoxy) is 3. The Kier molecular flexibility index (Phi) is 5.37. The minimum atomic E-state index is -0.323. The molecule has 5 nitrogen and oxygen atoms in total. The van der Waals surface area contributed by atoms with Crippen molar-refractivity contribution in [2.75, 3.05) is 7.11 Å². The Hall–Kier alpha value is -1.88. The van der Waals surface area contributed by atoms with Gasteiger partial charge in [0.15, 0.2) is 0 Å². The third-order valence-corrected chi connectivity index (χ3v) is 5.78. The van der Waals surface area contributed by atoms with Gasteiger partial charge in [-0.05, 0) is 70.9 Å². The van der Waals surface area contributed by atoms with Crippen LogP contribution in [0.1, 0.15) is 59.3 Å². The number of allylic oxidation sites excluding steroid dienone is 2. The molecule has 142 valence electrons. The van der Waals surface area contributed by atoms with Gasteiger partial charge in [0.05, 0.1) is 18.8 Å². The number of carbonyl (C=O) groups is 2. The number of methoxy groups -OCH3 is 1. The van der Waals surface area contributed by atoms with E-state index in [0.717, 1.165) is 31.3 Å². The van der Waals surface area contributed by atoms with Crippen molar-refractivity contribution in [3.05, 3.63) is 34.4 Å². The lowest BCUT2D eigenvalue weighted by molar-refractivity contribution is -0.138. The second kappa shape index (κ2) is 7.39. The number of hydrogen-bond acceptors (Lipinski definition) is 5. The van der Waals surface area contributed by atoms with E-state index in [4.69, 9.17) is 14.2 Å². The number of fused-ring (bicyclic) bond motifs is 2. The fourth-order valence-corrected chi connectivity index (χ4v) is 3.88. The van der Waals surface area contributed by atoms with Gasteiger partial charge in [-0.1, -0.05) is 11.6 Å². The Balaban J connectivity index is 1.86. The highest BCUT2D eigenvalue weighted by Gasteiger charge is 2.50. The van der Waals surface area contributed by atoms with Crippen LogP contribution in [0, 0.1) is 0 Å². The van der Waals surface area contributed by atoms with Crippen molar-refractivity contribution >= 4 is 11.9 Å². The van der Waals surface area contributed by atoms with E-state index in [1.54, 1.807) is 6.92 Å². The van der Waals surface area contributed by atoms with Crippen molar-refractivity contribution < 1.29 is 23.8 Å². The number of hydrogen-bond donors (Lipinski definition) is 0. The lowest BCUT2D eigenvalue weighted by atomic mass is 9.92. The van der Waals surface area contributed by atoms with Crippen molar-refractivity contribution in [1.29, 1.82) is 0 Å². The van der Waals surface area contributed by atoms with Crippen LogP contribution in [0.5, 0.6) is 0 Å². The molecule has 0 aromatic rings. The lowest BCUT2D eigenvalue weighted by Gasteiger charge is -2.14. The van der Waals surface area contributed by atoms with Gasteiger partial charge in [0.1, 0.15) is 6.10 Å². The first kappa shape index (κ1) is 18.9. The first-order chi connectivity index (χ1) is 12.3. The molecule has 1 fully saturated rings. The summed E-state index contributed by atoms with van der Waals surface area (Å²) in [6.45, 7) is 6.01. The number of carbonyl (C=O) groups excluding carboxylic acids is 2. The molecule has 0 bridgehead atoms. The molecule has 3 atom stereocenters. The van der Waals surface area contributed by atoms with Crippen LogP contribution in [0.3, 0.4) is 0 Å². The Morgan fingerprint density at radius 3 is 2.77 bits per heavy atom. The Morgan fingerprint density at radius 2 is 2.04 bits per heavy atom. The van der Waals surface area contributed by atoms with Crippen LogP contribution in [0.15, 0.2) is 34.4 Å². The van der Waals surface area contributed by atoms with Crippen LogP contribution in [0.2, 0.25) is 0 Å². The second-order valence-corrected chi connectivity index (χ2v) is 7.71. The molecule has 5 heteroatoms. The van der Waals surface area contributed by atoms with Crippen molar-refractivity contribution in [2.24, 2.45) is 0 Å². The van der Waals surface area contributed by atoms with Gasteiger partial charge >= 0.3 is 11.9 Å². The van der Waals surface area contributed by atoms with Crippen molar-refractivity contribution in [1.82, 2.24) is 0 Å². The van der Waals surface area contributed by atoms with Crippen LogP contribution in [-0.4, -0.2) is 36.9 Å². The van der Waals surface area contributed by atoms with E-state index in [-0.39, 0.29) is 29.7 Å². The molecule has 1 saturated heterocycles. The highest BCUT2D eigenvalue weighted by molar-refractivity contribution is 5.92. The SMILES string of the molecule is COC(=O)/C1=C/CC[C@@]2(C)O[C@H]2CC/C(C)=C/[C@H]2OC(=O)C(C)=C2CC1. The molecule has 1 aliphatic carbocycles. The number of esters is 2. The van der Waals surface area contributed by atoms with Gasteiger partial charge in [-0.3, -0.25) is 0 Å². The number of epoxide rings is 1. The van der Waals surface area contributed by atoms with E-state index in [1.165, 1.54) is 12.7 Å². The molecule has 2 heterocycles. The predicted molar refractivity (Wildman–Crippen MR) is 97.4 cm³/mol. The molecule has 0 aromatic carbocycles. The Morgan fingerprint density at radius 1 is 1.27 bits per heavy atom. The van der Waals surface area contributed by atoms with Gasteiger partial charge < -0.3 is 14.2 Å². The second-order valence-electron chi connectivity index (χ2n) is 7.71. The van der Waals surface area contributed by atoms with Crippen LogP contribution in [-0.2, 0) is 23.8 Å². The Bertz CT molecular complexity index is 699. The van der Waals surface area contributed by atoms with Crippen LogP contribution >= 0.6 is 0 Å². The lowest BCUT2D eigenvalue weighted by Crippen LogP contribution is -2.13. The van der Waals surface area contributed by atoms with Gasteiger partial charge in [-0.2, -0.15) is 0 Å². The average Bonchev–Trinajstić information content (AvgIpc) is 3.18. The maximum absolute atomic E-state index is 12.1. The van der Waals surface area contributed by atoms with Crippen molar-refractivity contribution in [3.8, 4) is 0 Å². The molecule has 26 heavy (non-hydrogen) atoms. The van der Waals surface area contributed by atoms with Crippen LogP contribution < -0.4 is 0 Å². The molecular formula is C21H28O5. The fraction of sp³-hybridized carbons (Fsp3) is 0.619. The van der Waals surface area contributed by atoms with Gasteiger partial charge in [0, 0.05) is 11.1 Å². The van der Waals surface area contributed by atoms with E-state index in [0.29, 0.717) is 24.0 Å². The number of rotatable bonds is 1. The van der Waals surface area contributed by atoms with Gasteiger partial charge in [0.25, 0.3) is 0 Å².